The molecule has 2 N–H and O–H groups in total. The summed E-state index contributed by atoms with van der Waals surface area (Å²) in [4.78, 5) is 14.9. The van der Waals surface area contributed by atoms with E-state index in [-0.39, 0.29) is 5.91 Å². The largest absolute Gasteiger partial charge is 0.397 e. The molecular weight excluding hydrogens is 292 g/mol. The predicted octanol–water partition coefficient (Wildman–Crippen LogP) is 4.01. The SMILES string of the molecule is CN(CC1CCC1)C(=O)c1sc2cccc(Cl)c2c1N. The highest BCUT2D eigenvalue weighted by Gasteiger charge is 2.25. The Labute approximate surface area is 127 Å². The van der Waals surface area contributed by atoms with Crippen molar-refractivity contribution in [3.63, 3.8) is 0 Å². The van der Waals surface area contributed by atoms with E-state index in [0.29, 0.717) is 21.5 Å². The molecule has 1 saturated carbocycles. The molecule has 3 rings (SSSR count). The highest BCUT2D eigenvalue weighted by atomic mass is 35.5. The van der Waals surface area contributed by atoms with Gasteiger partial charge in [0.2, 0.25) is 0 Å². The average molecular weight is 309 g/mol. The third-order valence-electron chi connectivity index (χ3n) is 4.00. The number of nitrogens with two attached hydrogens (primary N) is 1. The maximum atomic E-state index is 12.5. The lowest BCUT2D eigenvalue weighted by Crippen LogP contribution is -2.34. The van der Waals surface area contributed by atoms with Crippen LogP contribution in [0.5, 0.6) is 0 Å². The van der Waals surface area contributed by atoms with Crippen molar-refractivity contribution in [2.75, 3.05) is 19.3 Å². The third-order valence-corrected chi connectivity index (χ3v) is 5.47. The van der Waals surface area contributed by atoms with Crippen molar-refractivity contribution in [1.29, 1.82) is 0 Å². The molecule has 1 heterocycles. The molecule has 1 amide bonds. The minimum Gasteiger partial charge on any atom is -0.397 e. The highest BCUT2D eigenvalue weighted by Crippen LogP contribution is 2.38. The van der Waals surface area contributed by atoms with Gasteiger partial charge in [-0.1, -0.05) is 24.1 Å². The Morgan fingerprint density at radius 3 is 2.85 bits per heavy atom. The van der Waals surface area contributed by atoms with E-state index in [1.54, 1.807) is 11.0 Å². The summed E-state index contributed by atoms with van der Waals surface area (Å²) < 4.78 is 0.968. The molecule has 0 aliphatic heterocycles. The van der Waals surface area contributed by atoms with Gasteiger partial charge in [0, 0.05) is 23.7 Å². The first-order valence-electron chi connectivity index (χ1n) is 6.80. The van der Waals surface area contributed by atoms with Gasteiger partial charge in [0.15, 0.2) is 0 Å². The topological polar surface area (TPSA) is 46.3 Å². The molecule has 106 valence electrons. The van der Waals surface area contributed by atoms with Crippen LogP contribution >= 0.6 is 22.9 Å². The molecule has 0 bridgehead atoms. The summed E-state index contributed by atoms with van der Waals surface area (Å²) in [5, 5.41) is 1.41. The van der Waals surface area contributed by atoms with Crippen molar-refractivity contribution < 1.29 is 4.79 Å². The van der Waals surface area contributed by atoms with Crippen molar-refractivity contribution in [1.82, 2.24) is 4.90 Å². The lowest BCUT2D eigenvalue weighted by Gasteiger charge is -2.30. The van der Waals surface area contributed by atoms with Crippen molar-refractivity contribution in [3.05, 3.63) is 28.1 Å². The Morgan fingerprint density at radius 1 is 1.50 bits per heavy atom. The van der Waals surface area contributed by atoms with Gasteiger partial charge >= 0.3 is 0 Å². The number of nitrogen functional groups attached to an aromatic ring is 1. The van der Waals surface area contributed by atoms with E-state index in [1.807, 2.05) is 19.2 Å². The number of hydrogen-bond acceptors (Lipinski definition) is 3. The van der Waals surface area contributed by atoms with Gasteiger partial charge in [-0.25, -0.2) is 0 Å². The van der Waals surface area contributed by atoms with Gasteiger partial charge in [-0.05, 0) is 30.9 Å². The van der Waals surface area contributed by atoms with Crippen molar-refractivity contribution >= 4 is 44.6 Å². The fraction of sp³-hybridized carbons (Fsp3) is 0.400. The van der Waals surface area contributed by atoms with Crippen LogP contribution in [0.3, 0.4) is 0 Å². The molecular formula is C15H17ClN2OS. The monoisotopic (exact) mass is 308 g/mol. The molecule has 1 aromatic heterocycles. The van der Waals surface area contributed by atoms with Crippen LogP contribution in [0.25, 0.3) is 10.1 Å². The quantitative estimate of drug-likeness (QED) is 0.931. The normalized spacial score (nSPS) is 15.3. The average Bonchev–Trinajstić information content (AvgIpc) is 2.71. The van der Waals surface area contributed by atoms with Gasteiger partial charge in [0.1, 0.15) is 4.88 Å². The first-order valence-corrected chi connectivity index (χ1v) is 7.99. The van der Waals surface area contributed by atoms with E-state index in [9.17, 15) is 4.79 Å². The Morgan fingerprint density at radius 2 is 2.25 bits per heavy atom. The van der Waals surface area contributed by atoms with Crippen LogP contribution in [-0.2, 0) is 0 Å². The number of thiophene rings is 1. The third kappa shape index (κ3) is 2.27. The second-order valence-corrected chi connectivity index (χ2v) is 6.90. The van der Waals surface area contributed by atoms with Gasteiger partial charge in [-0.3, -0.25) is 4.79 Å². The zero-order valence-electron chi connectivity index (χ0n) is 11.4. The number of benzene rings is 1. The molecule has 0 unspecified atom stereocenters. The van der Waals surface area contributed by atoms with E-state index in [2.05, 4.69) is 0 Å². The Bertz CT molecular complexity index is 663. The number of nitrogens with zero attached hydrogens (tertiary/aromatic N) is 1. The fourth-order valence-electron chi connectivity index (χ4n) is 2.61. The molecule has 5 heteroatoms. The van der Waals surface area contributed by atoms with Crippen LogP contribution in [0.15, 0.2) is 18.2 Å². The summed E-state index contributed by atoms with van der Waals surface area (Å²) >= 11 is 7.60. The number of anilines is 1. The van der Waals surface area contributed by atoms with Crippen LogP contribution in [0.2, 0.25) is 5.02 Å². The van der Waals surface area contributed by atoms with E-state index < -0.39 is 0 Å². The molecule has 1 fully saturated rings. The number of rotatable bonds is 3. The van der Waals surface area contributed by atoms with Crippen LogP contribution < -0.4 is 5.73 Å². The predicted molar refractivity (Wildman–Crippen MR) is 85.5 cm³/mol. The number of carbonyl (C=O) groups is 1. The highest BCUT2D eigenvalue weighted by molar-refractivity contribution is 7.21. The number of fused-ring (bicyclic) bond motifs is 1. The summed E-state index contributed by atoms with van der Waals surface area (Å²) in [6, 6.07) is 5.64. The Balaban J connectivity index is 1.91. The van der Waals surface area contributed by atoms with Crippen LogP contribution in [0.1, 0.15) is 28.9 Å². The number of amides is 1. The van der Waals surface area contributed by atoms with Crippen LogP contribution in [0, 0.1) is 5.92 Å². The van der Waals surface area contributed by atoms with Crippen LogP contribution in [0.4, 0.5) is 5.69 Å². The minimum absolute atomic E-state index is 0.00617. The van der Waals surface area contributed by atoms with Gasteiger partial charge in [0.05, 0.1) is 10.7 Å². The van der Waals surface area contributed by atoms with E-state index in [0.717, 1.165) is 16.6 Å². The minimum atomic E-state index is 0.00617. The fourth-order valence-corrected chi connectivity index (χ4v) is 4.08. The number of carbonyl (C=O) groups excluding carboxylic acids is 1. The standard InChI is InChI=1S/C15H17ClN2OS/c1-18(8-9-4-2-5-9)15(19)14-13(17)12-10(16)6-3-7-11(12)20-14/h3,6-7,9H,2,4-5,8,17H2,1H3. The first-order chi connectivity index (χ1) is 9.58. The second kappa shape index (κ2) is 5.26. The van der Waals surface area contributed by atoms with Gasteiger partial charge < -0.3 is 10.6 Å². The summed E-state index contributed by atoms with van der Waals surface area (Å²) in [5.74, 6) is 0.662. The Hall–Kier alpha value is -1.26. The first kappa shape index (κ1) is 13.7. The molecule has 0 saturated heterocycles. The smallest absolute Gasteiger partial charge is 0.265 e. The maximum absolute atomic E-state index is 12.5. The molecule has 20 heavy (non-hydrogen) atoms. The van der Waals surface area contributed by atoms with Gasteiger partial charge in [-0.15, -0.1) is 11.3 Å². The zero-order chi connectivity index (χ0) is 14.3. The Kier molecular flexibility index (Phi) is 3.61. The van der Waals surface area contributed by atoms with Crippen LogP contribution in [-0.4, -0.2) is 24.4 Å². The summed E-state index contributed by atoms with van der Waals surface area (Å²) in [6.45, 7) is 0.820. The summed E-state index contributed by atoms with van der Waals surface area (Å²) in [5.41, 5.74) is 6.65. The lowest BCUT2D eigenvalue weighted by atomic mass is 9.85. The number of halogens is 1. The van der Waals surface area contributed by atoms with Crippen molar-refractivity contribution in [3.8, 4) is 0 Å². The van der Waals surface area contributed by atoms with E-state index in [1.165, 1.54) is 30.6 Å². The van der Waals surface area contributed by atoms with Crippen molar-refractivity contribution in [2.24, 2.45) is 5.92 Å². The molecule has 3 nitrogen and oxygen atoms in total. The van der Waals surface area contributed by atoms with Gasteiger partial charge in [0.25, 0.3) is 5.91 Å². The summed E-state index contributed by atoms with van der Waals surface area (Å²) in [6.07, 6.45) is 3.74. The van der Waals surface area contributed by atoms with Gasteiger partial charge in [-0.2, -0.15) is 0 Å². The van der Waals surface area contributed by atoms with E-state index >= 15 is 0 Å². The molecule has 1 aliphatic rings. The van der Waals surface area contributed by atoms with Crippen molar-refractivity contribution in [2.45, 2.75) is 19.3 Å². The maximum Gasteiger partial charge on any atom is 0.265 e. The molecule has 0 spiro atoms. The molecule has 0 atom stereocenters. The molecule has 1 aromatic carbocycles. The van der Waals surface area contributed by atoms with E-state index in [4.69, 9.17) is 17.3 Å². The molecule has 2 aromatic rings. The molecule has 0 radical (unpaired) electrons. The second-order valence-electron chi connectivity index (χ2n) is 5.44. The summed E-state index contributed by atoms with van der Waals surface area (Å²) in [7, 11) is 1.85. The zero-order valence-corrected chi connectivity index (χ0v) is 12.9. The lowest BCUT2D eigenvalue weighted by molar-refractivity contribution is 0.0751. The molecule has 1 aliphatic carbocycles. The number of hydrogen-bond donors (Lipinski definition) is 1.